The molecule has 6 aromatic carbocycles. The van der Waals surface area contributed by atoms with Gasteiger partial charge in [0, 0.05) is 28.2 Å². The zero-order chi connectivity index (χ0) is 26.3. The summed E-state index contributed by atoms with van der Waals surface area (Å²) < 4.78 is 0. The van der Waals surface area contributed by atoms with E-state index in [4.69, 9.17) is 0 Å². The van der Waals surface area contributed by atoms with Crippen LogP contribution in [0.15, 0.2) is 139 Å². The fraction of sp³-hybridized carbons (Fsp3) is 0. The zero-order valence-corrected chi connectivity index (χ0v) is 21.0. The molecular weight excluding hydrogens is 478 g/mol. The molecule has 0 saturated carbocycles. The number of allylic oxidation sites excluding steroid dienone is 1. The molecule has 0 fully saturated rings. The lowest BCUT2D eigenvalue weighted by atomic mass is 10.0. The van der Waals surface area contributed by atoms with Crippen molar-refractivity contribution < 1.29 is 9.59 Å². The number of hydrogen-bond donors (Lipinski definition) is 0. The van der Waals surface area contributed by atoms with Crippen LogP contribution < -0.4 is 4.90 Å². The summed E-state index contributed by atoms with van der Waals surface area (Å²) in [5.74, 6) is -0.432. The molecule has 0 atom stereocenters. The number of Topliss-reactive ketones (excluding diaryl/α,β-unsaturated/α-hetero) is 2. The van der Waals surface area contributed by atoms with Gasteiger partial charge in [0.25, 0.3) is 0 Å². The van der Waals surface area contributed by atoms with Crippen molar-refractivity contribution in [2.75, 3.05) is 4.90 Å². The molecule has 3 nitrogen and oxygen atoms in total. The van der Waals surface area contributed by atoms with Crippen molar-refractivity contribution in [3.8, 4) is 0 Å². The average molecular weight is 502 g/mol. The molecule has 184 valence electrons. The molecule has 0 amide bonds. The van der Waals surface area contributed by atoms with Gasteiger partial charge in [0.05, 0.1) is 5.57 Å². The van der Waals surface area contributed by atoms with Crippen LogP contribution in [-0.4, -0.2) is 11.6 Å². The van der Waals surface area contributed by atoms with Crippen LogP contribution in [0.2, 0.25) is 0 Å². The lowest BCUT2D eigenvalue weighted by Crippen LogP contribution is -2.09. The fourth-order valence-corrected chi connectivity index (χ4v) is 5.37. The maximum Gasteiger partial charge on any atom is 0.197 e. The predicted octanol–water partition coefficient (Wildman–Crippen LogP) is 8.93. The summed E-state index contributed by atoms with van der Waals surface area (Å²) in [4.78, 5) is 28.6. The third-order valence-electron chi connectivity index (χ3n) is 7.33. The van der Waals surface area contributed by atoms with E-state index in [1.54, 1.807) is 6.08 Å². The number of hydrogen-bond acceptors (Lipinski definition) is 3. The molecule has 1 aliphatic carbocycles. The van der Waals surface area contributed by atoms with Gasteiger partial charge >= 0.3 is 0 Å². The Kier molecular flexibility index (Phi) is 5.42. The van der Waals surface area contributed by atoms with Crippen LogP contribution in [0.4, 0.5) is 17.1 Å². The molecule has 7 rings (SSSR count). The molecule has 6 aromatic rings. The van der Waals surface area contributed by atoms with Crippen LogP contribution in [0.5, 0.6) is 0 Å². The molecule has 39 heavy (non-hydrogen) atoms. The first kappa shape index (κ1) is 22.9. The first-order chi connectivity index (χ1) is 19.2. The number of carbonyl (C=O) groups is 2. The van der Waals surface area contributed by atoms with Gasteiger partial charge in [0.2, 0.25) is 0 Å². The van der Waals surface area contributed by atoms with Crippen LogP contribution in [0.25, 0.3) is 27.6 Å². The minimum absolute atomic E-state index is 0.211. The van der Waals surface area contributed by atoms with Gasteiger partial charge in [-0.15, -0.1) is 0 Å². The summed E-state index contributed by atoms with van der Waals surface area (Å²) >= 11 is 0. The van der Waals surface area contributed by atoms with E-state index in [9.17, 15) is 9.59 Å². The number of nitrogens with zero attached hydrogens (tertiary/aromatic N) is 1. The monoisotopic (exact) mass is 501 g/mol. The molecule has 0 saturated heterocycles. The van der Waals surface area contributed by atoms with Gasteiger partial charge in [-0.1, -0.05) is 84.9 Å². The summed E-state index contributed by atoms with van der Waals surface area (Å²) in [5.41, 5.74) is 5.05. The normalized spacial score (nSPS) is 12.7. The molecular formula is C36H23NO2. The lowest BCUT2D eigenvalue weighted by Gasteiger charge is -2.26. The molecule has 0 bridgehead atoms. The van der Waals surface area contributed by atoms with Crippen molar-refractivity contribution in [1.29, 1.82) is 0 Å². The minimum atomic E-state index is -0.216. The van der Waals surface area contributed by atoms with Crippen LogP contribution >= 0.6 is 0 Å². The second-order valence-corrected chi connectivity index (χ2v) is 9.76. The molecule has 3 heteroatoms. The second-order valence-electron chi connectivity index (χ2n) is 9.76. The highest BCUT2D eigenvalue weighted by atomic mass is 16.2. The minimum Gasteiger partial charge on any atom is -0.310 e. The number of fused-ring (bicyclic) bond motifs is 3. The van der Waals surface area contributed by atoms with Crippen LogP contribution in [0.1, 0.15) is 26.3 Å². The van der Waals surface area contributed by atoms with Gasteiger partial charge in [0.1, 0.15) is 0 Å². The van der Waals surface area contributed by atoms with Crippen molar-refractivity contribution in [1.82, 2.24) is 0 Å². The summed E-state index contributed by atoms with van der Waals surface area (Å²) in [6.07, 6.45) is 1.71. The summed E-state index contributed by atoms with van der Waals surface area (Å²) in [5, 5.41) is 4.27. The van der Waals surface area contributed by atoms with Crippen molar-refractivity contribution in [3.05, 3.63) is 156 Å². The Morgan fingerprint density at radius 2 is 0.923 bits per heavy atom. The Bertz CT molecular complexity index is 1880. The summed E-state index contributed by atoms with van der Waals surface area (Å²) in [6.45, 7) is 0. The first-order valence-corrected chi connectivity index (χ1v) is 12.9. The Labute approximate surface area is 226 Å². The quantitative estimate of drug-likeness (QED) is 0.179. The van der Waals surface area contributed by atoms with E-state index in [0.29, 0.717) is 11.1 Å². The van der Waals surface area contributed by atoms with Crippen LogP contribution in [0, 0.1) is 0 Å². The Morgan fingerprint density at radius 1 is 0.436 bits per heavy atom. The van der Waals surface area contributed by atoms with Gasteiger partial charge in [-0.2, -0.15) is 0 Å². The SMILES string of the molecule is O=C1C(=Cc2ccc(N(c3ccccc3)c3ccc4ccccc4c3)cc2)C(=O)c2cc3ccccc3cc21. The topological polar surface area (TPSA) is 37.4 Å². The van der Waals surface area contributed by atoms with E-state index in [0.717, 1.165) is 33.4 Å². The molecule has 0 N–H and O–H groups in total. The molecule has 0 aromatic heterocycles. The van der Waals surface area contributed by atoms with E-state index in [2.05, 4.69) is 47.4 Å². The third kappa shape index (κ3) is 4.01. The maximum absolute atomic E-state index is 13.2. The van der Waals surface area contributed by atoms with Crippen molar-refractivity contribution in [2.45, 2.75) is 0 Å². The van der Waals surface area contributed by atoms with Gasteiger partial charge in [-0.3, -0.25) is 9.59 Å². The Balaban J connectivity index is 1.26. The Hall–Kier alpha value is -5.28. The van der Waals surface area contributed by atoms with E-state index < -0.39 is 0 Å². The zero-order valence-electron chi connectivity index (χ0n) is 21.0. The highest BCUT2D eigenvalue weighted by molar-refractivity contribution is 6.42. The molecule has 1 aliphatic rings. The highest BCUT2D eigenvalue weighted by Gasteiger charge is 2.33. The number of para-hydroxylation sites is 1. The number of anilines is 3. The molecule has 0 spiro atoms. The predicted molar refractivity (Wildman–Crippen MR) is 159 cm³/mol. The summed E-state index contributed by atoms with van der Waals surface area (Å²) in [6, 6.07) is 44.4. The Morgan fingerprint density at radius 3 is 1.54 bits per heavy atom. The van der Waals surface area contributed by atoms with E-state index in [1.165, 1.54) is 10.8 Å². The number of ketones is 2. The third-order valence-corrected chi connectivity index (χ3v) is 7.33. The van der Waals surface area contributed by atoms with Crippen molar-refractivity contribution in [3.63, 3.8) is 0 Å². The van der Waals surface area contributed by atoms with Gasteiger partial charge in [-0.05, 0) is 81.7 Å². The second kappa shape index (κ2) is 9.23. The largest absolute Gasteiger partial charge is 0.310 e. The fourth-order valence-electron chi connectivity index (χ4n) is 5.37. The number of carbonyl (C=O) groups excluding carboxylic acids is 2. The average Bonchev–Trinajstić information content (AvgIpc) is 3.21. The van der Waals surface area contributed by atoms with Crippen LogP contribution in [-0.2, 0) is 0 Å². The van der Waals surface area contributed by atoms with Gasteiger partial charge in [-0.25, -0.2) is 0 Å². The molecule has 0 heterocycles. The molecule has 0 unspecified atom stereocenters. The smallest absolute Gasteiger partial charge is 0.197 e. The van der Waals surface area contributed by atoms with Crippen molar-refractivity contribution >= 4 is 56.2 Å². The lowest BCUT2D eigenvalue weighted by molar-refractivity contribution is 0.0990. The van der Waals surface area contributed by atoms with Crippen LogP contribution in [0.3, 0.4) is 0 Å². The van der Waals surface area contributed by atoms with E-state index >= 15 is 0 Å². The number of benzene rings is 6. The molecule has 0 aliphatic heterocycles. The first-order valence-electron chi connectivity index (χ1n) is 12.9. The van der Waals surface area contributed by atoms with Gasteiger partial charge in [0.15, 0.2) is 11.6 Å². The van der Waals surface area contributed by atoms with Crippen molar-refractivity contribution in [2.24, 2.45) is 0 Å². The molecule has 0 radical (unpaired) electrons. The van der Waals surface area contributed by atoms with E-state index in [1.807, 2.05) is 91.0 Å². The maximum atomic E-state index is 13.2. The standard InChI is InChI=1S/C36H23NO2/c38-35-32-22-27-10-6-7-11-28(27)23-33(32)36(39)34(35)20-24-14-17-30(18-15-24)37(29-12-2-1-3-13-29)31-19-16-25-8-4-5-9-26(25)21-31/h1-23H. The van der Waals surface area contributed by atoms with Gasteiger partial charge < -0.3 is 4.90 Å². The van der Waals surface area contributed by atoms with E-state index in [-0.39, 0.29) is 17.1 Å². The highest BCUT2D eigenvalue weighted by Crippen LogP contribution is 2.37. The number of rotatable bonds is 4. The summed E-state index contributed by atoms with van der Waals surface area (Å²) in [7, 11) is 0.